The first kappa shape index (κ1) is 14.3. The topological polar surface area (TPSA) is 21.3 Å². The molecule has 110 valence electrons. The largest absolute Gasteiger partial charge is 0.381 e. The Balaban J connectivity index is 1.79. The lowest BCUT2D eigenvalue weighted by Crippen LogP contribution is -2.29. The maximum atomic E-state index is 5.48. The van der Waals surface area contributed by atoms with Crippen LogP contribution in [-0.4, -0.2) is 20.3 Å². The van der Waals surface area contributed by atoms with Crippen LogP contribution in [-0.2, 0) is 4.74 Å². The summed E-state index contributed by atoms with van der Waals surface area (Å²) in [5.74, 6) is 0.673. The van der Waals surface area contributed by atoms with Crippen LogP contribution >= 0.6 is 0 Å². The fourth-order valence-corrected chi connectivity index (χ4v) is 3.24. The third-order valence-corrected chi connectivity index (χ3v) is 4.43. The van der Waals surface area contributed by atoms with Gasteiger partial charge in [0.25, 0.3) is 0 Å². The quantitative estimate of drug-likeness (QED) is 0.913. The van der Waals surface area contributed by atoms with Crippen molar-refractivity contribution in [3.05, 3.63) is 60.2 Å². The smallest absolute Gasteiger partial charge is 0.0469 e. The van der Waals surface area contributed by atoms with Crippen LogP contribution < -0.4 is 5.32 Å². The maximum absolute atomic E-state index is 5.48. The highest BCUT2D eigenvalue weighted by atomic mass is 16.5. The monoisotopic (exact) mass is 281 g/mol. The summed E-state index contributed by atoms with van der Waals surface area (Å²) in [7, 11) is 2.06. The van der Waals surface area contributed by atoms with Crippen LogP contribution in [0.4, 0.5) is 0 Å². The van der Waals surface area contributed by atoms with Crippen molar-refractivity contribution in [2.45, 2.75) is 18.9 Å². The van der Waals surface area contributed by atoms with Crippen LogP contribution in [0.2, 0.25) is 0 Å². The minimum atomic E-state index is 0.429. The lowest BCUT2D eigenvalue weighted by Gasteiger charge is -2.30. The summed E-state index contributed by atoms with van der Waals surface area (Å²) < 4.78 is 5.48. The third-order valence-electron chi connectivity index (χ3n) is 4.43. The average Bonchev–Trinajstić information content (AvgIpc) is 2.58. The van der Waals surface area contributed by atoms with Gasteiger partial charge < -0.3 is 10.1 Å². The van der Waals surface area contributed by atoms with Gasteiger partial charge >= 0.3 is 0 Å². The minimum absolute atomic E-state index is 0.429. The Hall–Kier alpha value is -1.64. The third kappa shape index (κ3) is 3.34. The van der Waals surface area contributed by atoms with E-state index in [1.807, 2.05) is 0 Å². The van der Waals surface area contributed by atoms with E-state index in [0.717, 1.165) is 26.1 Å². The zero-order valence-electron chi connectivity index (χ0n) is 12.6. The Morgan fingerprint density at radius 3 is 2.14 bits per heavy atom. The second-order valence-electron chi connectivity index (χ2n) is 5.70. The molecule has 0 aromatic heterocycles. The zero-order valence-corrected chi connectivity index (χ0v) is 12.6. The van der Waals surface area contributed by atoms with Gasteiger partial charge in [0.1, 0.15) is 0 Å². The predicted molar refractivity (Wildman–Crippen MR) is 87.2 cm³/mol. The number of nitrogens with one attached hydrogen (secondary N) is 1. The molecule has 1 atom stereocenters. The minimum Gasteiger partial charge on any atom is -0.381 e. The lowest BCUT2D eigenvalue weighted by atomic mass is 9.86. The van der Waals surface area contributed by atoms with Crippen molar-refractivity contribution in [1.29, 1.82) is 0 Å². The normalized spacial score (nSPS) is 17.6. The van der Waals surface area contributed by atoms with Crippen molar-refractivity contribution >= 4 is 0 Å². The number of hydrogen-bond donors (Lipinski definition) is 1. The number of ether oxygens (including phenoxy) is 1. The Labute approximate surface area is 127 Å². The highest BCUT2D eigenvalue weighted by Gasteiger charge is 2.23. The van der Waals surface area contributed by atoms with E-state index in [4.69, 9.17) is 4.74 Å². The van der Waals surface area contributed by atoms with Crippen molar-refractivity contribution in [1.82, 2.24) is 5.32 Å². The molecule has 21 heavy (non-hydrogen) atoms. The van der Waals surface area contributed by atoms with E-state index in [-0.39, 0.29) is 0 Å². The molecule has 2 aromatic carbocycles. The molecule has 1 N–H and O–H groups in total. The van der Waals surface area contributed by atoms with Crippen LogP contribution in [0.25, 0.3) is 11.1 Å². The van der Waals surface area contributed by atoms with Gasteiger partial charge in [0, 0.05) is 19.3 Å². The summed E-state index contributed by atoms with van der Waals surface area (Å²) in [5, 5.41) is 3.49. The number of hydrogen-bond acceptors (Lipinski definition) is 2. The molecule has 0 aliphatic carbocycles. The maximum Gasteiger partial charge on any atom is 0.0469 e. The molecule has 0 amide bonds. The second-order valence-corrected chi connectivity index (χ2v) is 5.70. The van der Waals surface area contributed by atoms with E-state index in [9.17, 15) is 0 Å². The van der Waals surface area contributed by atoms with E-state index < -0.39 is 0 Å². The van der Waals surface area contributed by atoms with Gasteiger partial charge in [-0.15, -0.1) is 0 Å². The van der Waals surface area contributed by atoms with E-state index in [1.165, 1.54) is 16.7 Å². The summed E-state index contributed by atoms with van der Waals surface area (Å²) in [4.78, 5) is 0. The van der Waals surface area contributed by atoms with Crippen molar-refractivity contribution in [2.24, 2.45) is 5.92 Å². The Bertz CT molecular complexity index is 544. The molecule has 1 aliphatic rings. The molecule has 0 bridgehead atoms. The highest BCUT2D eigenvalue weighted by Crippen LogP contribution is 2.31. The van der Waals surface area contributed by atoms with Crippen LogP contribution in [0.1, 0.15) is 24.4 Å². The lowest BCUT2D eigenvalue weighted by molar-refractivity contribution is 0.0546. The van der Waals surface area contributed by atoms with Gasteiger partial charge in [-0.1, -0.05) is 54.6 Å². The van der Waals surface area contributed by atoms with E-state index in [1.54, 1.807) is 0 Å². The van der Waals surface area contributed by atoms with Gasteiger partial charge in [0.05, 0.1) is 0 Å². The summed E-state index contributed by atoms with van der Waals surface area (Å²) in [6.45, 7) is 1.79. The molecular weight excluding hydrogens is 258 g/mol. The molecule has 0 spiro atoms. The van der Waals surface area contributed by atoms with Crippen molar-refractivity contribution in [3.8, 4) is 11.1 Å². The molecule has 0 radical (unpaired) electrons. The highest BCUT2D eigenvalue weighted by molar-refractivity contribution is 5.63. The van der Waals surface area contributed by atoms with Gasteiger partial charge in [0.15, 0.2) is 0 Å². The molecule has 1 aliphatic heterocycles. The van der Waals surface area contributed by atoms with Crippen molar-refractivity contribution < 1.29 is 4.74 Å². The molecule has 0 saturated carbocycles. The predicted octanol–water partition coefficient (Wildman–Crippen LogP) is 4.04. The number of benzene rings is 2. The number of rotatable bonds is 4. The molecule has 2 heteroatoms. The van der Waals surface area contributed by atoms with Gasteiger partial charge in [-0.2, -0.15) is 0 Å². The average molecular weight is 281 g/mol. The molecular formula is C19H23NO. The Morgan fingerprint density at radius 2 is 1.52 bits per heavy atom. The second kappa shape index (κ2) is 6.88. The molecule has 3 rings (SSSR count). The van der Waals surface area contributed by atoms with Crippen LogP contribution in [0, 0.1) is 5.92 Å². The summed E-state index contributed by atoms with van der Waals surface area (Å²) in [5.41, 5.74) is 3.93. The molecule has 1 heterocycles. The SMILES string of the molecule is CNC(c1ccc(-c2ccccc2)cc1)C1CCOCC1. The zero-order chi connectivity index (χ0) is 14.5. The van der Waals surface area contributed by atoms with E-state index in [0.29, 0.717) is 12.0 Å². The Morgan fingerprint density at radius 1 is 0.905 bits per heavy atom. The molecule has 2 nitrogen and oxygen atoms in total. The van der Waals surface area contributed by atoms with Crippen molar-refractivity contribution in [2.75, 3.05) is 20.3 Å². The molecule has 2 aromatic rings. The first-order valence-electron chi connectivity index (χ1n) is 7.79. The Kier molecular flexibility index (Phi) is 4.69. The van der Waals surface area contributed by atoms with Crippen LogP contribution in [0.3, 0.4) is 0 Å². The summed E-state index contributed by atoms with van der Waals surface area (Å²) in [6.07, 6.45) is 2.29. The van der Waals surface area contributed by atoms with Gasteiger partial charge in [-0.25, -0.2) is 0 Å². The molecule has 1 unspecified atom stereocenters. The first-order valence-corrected chi connectivity index (χ1v) is 7.79. The van der Waals surface area contributed by atoms with Crippen LogP contribution in [0.15, 0.2) is 54.6 Å². The molecule has 1 saturated heterocycles. The van der Waals surface area contributed by atoms with E-state index >= 15 is 0 Å². The van der Waals surface area contributed by atoms with Crippen molar-refractivity contribution in [3.63, 3.8) is 0 Å². The first-order chi connectivity index (χ1) is 10.4. The fourth-order valence-electron chi connectivity index (χ4n) is 3.24. The standard InChI is InChI=1S/C19H23NO/c1-20-19(18-11-13-21-14-12-18)17-9-7-16(8-10-17)15-5-3-2-4-6-15/h2-10,18-20H,11-14H2,1H3. The van der Waals surface area contributed by atoms with Gasteiger partial charge in [0.2, 0.25) is 0 Å². The van der Waals surface area contributed by atoms with Gasteiger partial charge in [-0.05, 0) is 42.5 Å². The summed E-state index contributed by atoms with van der Waals surface area (Å²) in [6, 6.07) is 20.0. The fraction of sp³-hybridized carbons (Fsp3) is 0.368. The molecule has 1 fully saturated rings. The van der Waals surface area contributed by atoms with Gasteiger partial charge in [-0.3, -0.25) is 0 Å². The van der Waals surface area contributed by atoms with Crippen LogP contribution in [0.5, 0.6) is 0 Å². The summed E-state index contributed by atoms with van der Waals surface area (Å²) >= 11 is 0. The van der Waals surface area contributed by atoms with E-state index in [2.05, 4.69) is 67.0 Å².